The van der Waals surface area contributed by atoms with Crippen molar-refractivity contribution in [1.82, 2.24) is 0 Å². The van der Waals surface area contributed by atoms with Gasteiger partial charge in [-0.2, -0.15) is 0 Å². The van der Waals surface area contributed by atoms with Gasteiger partial charge in [0.15, 0.2) is 0 Å². The minimum Gasteiger partial charge on any atom is -0.756 e. The van der Waals surface area contributed by atoms with Crippen LogP contribution in [0.1, 0.15) is 226 Å². The summed E-state index contributed by atoms with van der Waals surface area (Å²) >= 11 is 0. The number of rotatable bonds is 47. The number of allylic oxidation sites excluding steroid dienone is 6. The molecule has 0 radical (unpaired) electrons. The summed E-state index contributed by atoms with van der Waals surface area (Å²) in [5.74, 6) is -0.346. The van der Waals surface area contributed by atoms with Crippen molar-refractivity contribution in [3.63, 3.8) is 0 Å². The van der Waals surface area contributed by atoms with Gasteiger partial charge in [-0.05, 0) is 64.2 Å². The van der Waals surface area contributed by atoms with E-state index in [0.29, 0.717) is 24.1 Å². The molecule has 0 aromatic heterocycles. The van der Waals surface area contributed by atoms with Crippen LogP contribution >= 0.6 is 7.82 Å². The third-order valence-electron chi connectivity index (χ3n) is 10.9. The smallest absolute Gasteiger partial charge is 0.306 e. The molecule has 0 aliphatic heterocycles. The maximum atomic E-state index is 12.7. The van der Waals surface area contributed by atoms with E-state index in [0.717, 1.165) is 57.8 Å². The number of carbonyl (C=O) groups is 1. The summed E-state index contributed by atoms with van der Waals surface area (Å²) in [5, 5.41) is 0. The first-order chi connectivity index (χ1) is 29.1. The van der Waals surface area contributed by atoms with Crippen LogP contribution in [0.2, 0.25) is 0 Å². The summed E-state index contributed by atoms with van der Waals surface area (Å²) in [6.45, 7) is 5.38. The molecule has 0 aromatic rings. The summed E-state index contributed by atoms with van der Waals surface area (Å²) in [7, 11) is 1.35. The highest BCUT2D eigenvalue weighted by molar-refractivity contribution is 7.45. The Bertz CT molecular complexity index is 1060. The molecule has 2 atom stereocenters. The van der Waals surface area contributed by atoms with Crippen molar-refractivity contribution in [2.75, 3.05) is 54.1 Å². The molecular weight excluding hydrogens is 770 g/mol. The quantitative estimate of drug-likeness (QED) is 0.0198. The number of ether oxygens (including phenoxy) is 2. The lowest BCUT2D eigenvalue weighted by atomic mass is 10.0. The van der Waals surface area contributed by atoms with Crippen LogP contribution in [-0.4, -0.2) is 70.7 Å². The third kappa shape index (κ3) is 47.8. The molecule has 8 nitrogen and oxygen atoms in total. The Labute approximate surface area is 372 Å². The van der Waals surface area contributed by atoms with E-state index in [1.165, 1.54) is 148 Å². The highest BCUT2D eigenvalue weighted by atomic mass is 31.2. The molecular formula is C51H98NO7P. The SMILES string of the molecule is CCCC/C=C\C/C=C\CCCCCCCC(=O)OC(COCCCCCCCCCCCCCC/C=C\CCCCCCCCCC)COP(=O)([O-])OCC[N+](C)(C)C. The molecule has 0 rings (SSSR count). The average molecular weight is 868 g/mol. The lowest BCUT2D eigenvalue weighted by molar-refractivity contribution is -0.870. The topological polar surface area (TPSA) is 94.1 Å². The molecule has 60 heavy (non-hydrogen) atoms. The Hall–Kier alpha value is -1.28. The fourth-order valence-electron chi connectivity index (χ4n) is 6.97. The first-order valence-corrected chi connectivity index (χ1v) is 26.7. The van der Waals surface area contributed by atoms with Crippen molar-refractivity contribution in [3.05, 3.63) is 36.5 Å². The van der Waals surface area contributed by atoms with Crippen molar-refractivity contribution >= 4 is 13.8 Å². The zero-order chi connectivity index (χ0) is 44.1. The van der Waals surface area contributed by atoms with E-state index in [9.17, 15) is 14.3 Å². The molecule has 0 aliphatic carbocycles. The van der Waals surface area contributed by atoms with Gasteiger partial charge in [0.1, 0.15) is 19.3 Å². The summed E-state index contributed by atoms with van der Waals surface area (Å²) in [4.78, 5) is 25.1. The summed E-state index contributed by atoms with van der Waals surface area (Å²) in [5.41, 5.74) is 0. The highest BCUT2D eigenvalue weighted by Gasteiger charge is 2.20. The molecule has 0 amide bonds. The van der Waals surface area contributed by atoms with Gasteiger partial charge >= 0.3 is 5.97 Å². The molecule has 354 valence electrons. The lowest BCUT2D eigenvalue weighted by Gasteiger charge is -2.28. The Morgan fingerprint density at radius 1 is 0.517 bits per heavy atom. The van der Waals surface area contributed by atoms with E-state index in [1.54, 1.807) is 0 Å². The second-order valence-electron chi connectivity index (χ2n) is 18.2. The lowest BCUT2D eigenvalue weighted by Crippen LogP contribution is -2.37. The molecule has 9 heteroatoms. The zero-order valence-electron chi connectivity index (χ0n) is 40.2. The van der Waals surface area contributed by atoms with Crippen LogP contribution in [0.25, 0.3) is 0 Å². The number of hydrogen-bond donors (Lipinski definition) is 0. The second kappa shape index (κ2) is 44.3. The van der Waals surface area contributed by atoms with Crippen LogP contribution in [-0.2, 0) is 27.9 Å². The summed E-state index contributed by atoms with van der Waals surface area (Å²) in [6, 6.07) is 0. The molecule has 0 fully saturated rings. The van der Waals surface area contributed by atoms with Gasteiger partial charge in [-0.3, -0.25) is 9.36 Å². The number of likely N-dealkylation sites (N-methyl/N-ethyl adjacent to an activating group) is 1. The van der Waals surface area contributed by atoms with Crippen molar-refractivity contribution in [2.45, 2.75) is 232 Å². The maximum absolute atomic E-state index is 12.7. The first-order valence-electron chi connectivity index (χ1n) is 25.2. The molecule has 2 unspecified atom stereocenters. The second-order valence-corrected chi connectivity index (χ2v) is 19.6. The van der Waals surface area contributed by atoms with Gasteiger partial charge in [0.25, 0.3) is 7.82 Å². The van der Waals surface area contributed by atoms with E-state index >= 15 is 0 Å². The fraction of sp³-hybridized carbons (Fsp3) is 0.863. The minimum absolute atomic E-state index is 0.0235. The van der Waals surface area contributed by atoms with Crippen LogP contribution in [0.5, 0.6) is 0 Å². The largest absolute Gasteiger partial charge is 0.756 e. The number of hydrogen-bond acceptors (Lipinski definition) is 7. The van der Waals surface area contributed by atoms with Gasteiger partial charge in [0, 0.05) is 13.0 Å². The van der Waals surface area contributed by atoms with Crippen LogP contribution < -0.4 is 4.89 Å². The van der Waals surface area contributed by atoms with E-state index in [-0.39, 0.29) is 25.8 Å². The summed E-state index contributed by atoms with van der Waals surface area (Å²) < 4.78 is 34.7. The maximum Gasteiger partial charge on any atom is 0.306 e. The van der Waals surface area contributed by atoms with Gasteiger partial charge in [0.2, 0.25) is 0 Å². The van der Waals surface area contributed by atoms with E-state index in [2.05, 4.69) is 50.3 Å². The van der Waals surface area contributed by atoms with Crippen LogP contribution in [0, 0.1) is 0 Å². The summed E-state index contributed by atoms with van der Waals surface area (Å²) in [6.07, 6.45) is 53.1. The Morgan fingerprint density at radius 2 is 0.933 bits per heavy atom. The predicted octanol–water partition coefficient (Wildman–Crippen LogP) is 14.7. The molecule has 0 aliphatic rings. The first kappa shape index (κ1) is 58.7. The molecule has 0 saturated heterocycles. The Morgan fingerprint density at radius 3 is 1.42 bits per heavy atom. The molecule has 0 saturated carbocycles. The van der Waals surface area contributed by atoms with E-state index < -0.39 is 13.9 Å². The number of nitrogens with zero attached hydrogens (tertiary/aromatic N) is 1. The average Bonchev–Trinajstić information content (AvgIpc) is 3.20. The van der Waals surface area contributed by atoms with Gasteiger partial charge < -0.3 is 27.9 Å². The van der Waals surface area contributed by atoms with Crippen LogP contribution in [0.4, 0.5) is 0 Å². The van der Waals surface area contributed by atoms with Gasteiger partial charge in [-0.1, -0.05) is 192 Å². The standard InChI is InChI=1S/C51H98NO7P/c1-6-8-10-12-14-16-18-20-22-23-24-25-26-27-28-29-30-31-33-35-37-39-41-43-46-56-48-50(49-58-60(54,55)57-47-45-52(3,4)5)59-51(53)44-42-40-38-36-34-32-21-19-17-15-13-11-9-7-2/h13,15,19,21,23-24,50H,6-12,14,16-18,20,22,25-49H2,1-5H3/b15-13-,21-19-,24-23-. The number of carbonyl (C=O) groups excluding carboxylic acids is 1. The van der Waals surface area contributed by atoms with E-state index in [1.807, 2.05) is 21.1 Å². The minimum atomic E-state index is -4.53. The third-order valence-corrected chi connectivity index (χ3v) is 11.9. The van der Waals surface area contributed by atoms with Crippen LogP contribution in [0.3, 0.4) is 0 Å². The fourth-order valence-corrected chi connectivity index (χ4v) is 7.70. The predicted molar refractivity (Wildman–Crippen MR) is 254 cm³/mol. The normalized spacial score (nSPS) is 13.9. The molecule has 0 bridgehead atoms. The van der Waals surface area contributed by atoms with Crippen molar-refractivity contribution in [2.24, 2.45) is 0 Å². The van der Waals surface area contributed by atoms with Crippen molar-refractivity contribution < 1.29 is 37.3 Å². The number of esters is 1. The van der Waals surface area contributed by atoms with Crippen molar-refractivity contribution in [3.8, 4) is 0 Å². The number of quaternary nitrogens is 1. The molecule has 0 spiro atoms. The van der Waals surface area contributed by atoms with E-state index in [4.69, 9.17) is 18.5 Å². The number of unbranched alkanes of at least 4 members (excludes halogenated alkanes) is 27. The Balaban J connectivity index is 4.09. The van der Waals surface area contributed by atoms with Gasteiger partial charge in [-0.15, -0.1) is 0 Å². The Kier molecular flexibility index (Phi) is 43.4. The molecule has 0 aromatic carbocycles. The van der Waals surface area contributed by atoms with Crippen LogP contribution in [0.15, 0.2) is 36.5 Å². The van der Waals surface area contributed by atoms with Crippen molar-refractivity contribution in [1.29, 1.82) is 0 Å². The monoisotopic (exact) mass is 868 g/mol. The van der Waals surface area contributed by atoms with Gasteiger partial charge in [-0.25, -0.2) is 0 Å². The zero-order valence-corrected chi connectivity index (χ0v) is 41.1. The number of phosphoric ester groups is 1. The number of phosphoric acid groups is 1. The molecule has 0 N–H and O–H groups in total. The molecule has 0 heterocycles. The highest BCUT2D eigenvalue weighted by Crippen LogP contribution is 2.38. The van der Waals surface area contributed by atoms with Gasteiger partial charge in [0.05, 0.1) is 34.4 Å².